The molecule has 0 aliphatic heterocycles. The van der Waals surface area contributed by atoms with Crippen LogP contribution >= 0.6 is 0 Å². The molecule has 1 aromatic rings. The minimum atomic E-state index is -0.129. The highest BCUT2D eigenvalue weighted by molar-refractivity contribution is 5.14. The Hall–Kier alpha value is -1.42. The molecule has 0 saturated carbocycles. The van der Waals surface area contributed by atoms with E-state index in [4.69, 9.17) is 10.5 Å². The van der Waals surface area contributed by atoms with Crippen molar-refractivity contribution in [3.05, 3.63) is 30.5 Å². The first-order chi connectivity index (χ1) is 6.27. The first-order valence-electron chi connectivity index (χ1n) is 4.02. The predicted molar refractivity (Wildman–Crippen MR) is 50.3 cm³/mol. The van der Waals surface area contributed by atoms with Gasteiger partial charge in [-0.3, -0.25) is 0 Å². The molecule has 1 unspecified atom stereocenters. The summed E-state index contributed by atoms with van der Waals surface area (Å²) in [4.78, 5) is 0. The van der Waals surface area contributed by atoms with Gasteiger partial charge in [-0.25, -0.2) is 0 Å². The summed E-state index contributed by atoms with van der Waals surface area (Å²) in [6.07, 6.45) is 2.46. The molecule has 0 radical (unpaired) electrons. The van der Waals surface area contributed by atoms with Crippen LogP contribution in [0.4, 0.5) is 0 Å². The van der Waals surface area contributed by atoms with E-state index in [1.165, 1.54) is 0 Å². The lowest BCUT2D eigenvalue weighted by Gasteiger charge is -2.07. The van der Waals surface area contributed by atoms with Crippen molar-refractivity contribution in [3.63, 3.8) is 0 Å². The minimum absolute atomic E-state index is 0.129. The molecule has 70 valence electrons. The normalized spacial score (nSPS) is 12.2. The summed E-state index contributed by atoms with van der Waals surface area (Å²) in [5.41, 5.74) is 6.53. The Balaban J connectivity index is 2.73. The molecule has 1 rings (SSSR count). The van der Waals surface area contributed by atoms with Crippen molar-refractivity contribution >= 4 is 0 Å². The third-order valence-corrected chi connectivity index (χ3v) is 1.67. The molecule has 0 aliphatic rings. The van der Waals surface area contributed by atoms with E-state index in [9.17, 15) is 0 Å². The number of nitrogens with two attached hydrogens (primary N) is 1. The molecule has 1 heterocycles. The Morgan fingerprint density at radius 3 is 2.85 bits per heavy atom. The van der Waals surface area contributed by atoms with Crippen molar-refractivity contribution in [2.24, 2.45) is 5.73 Å². The van der Waals surface area contributed by atoms with Gasteiger partial charge >= 0.3 is 0 Å². The fourth-order valence-electron chi connectivity index (χ4n) is 0.937. The highest BCUT2D eigenvalue weighted by Gasteiger charge is 2.05. The summed E-state index contributed by atoms with van der Waals surface area (Å²) in [5, 5.41) is 7.73. The average Bonchev–Trinajstić information content (AvgIpc) is 2.18. The predicted octanol–water partition coefficient (Wildman–Crippen LogP) is 1.06. The molecule has 0 fully saturated rings. The number of hydrogen-bond acceptors (Lipinski definition) is 4. The van der Waals surface area contributed by atoms with E-state index >= 15 is 0 Å². The van der Waals surface area contributed by atoms with Crippen molar-refractivity contribution < 1.29 is 4.74 Å². The van der Waals surface area contributed by atoms with Crippen LogP contribution in [0.25, 0.3) is 0 Å². The monoisotopic (exact) mass is 179 g/mol. The molecule has 2 N–H and O–H groups in total. The number of hydrogen-bond donors (Lipinski definition) is 1. The summed E-state index contributed by atoms with van der Waals surface area (Å²) in [5.74, 6) is 0.495. The van der Waals surface area contributed by atoms with Crippen molar-refractivity contribution in [3.8, 4) is 5.88 Å². The number of ether oxygens (including phenoxy) is 1. The molecular formula is C9H13N3O. The summed E-state index contributed by atoms with van der Waals surface area (Å²) in [6.45, 7) is 3.61. The lowest BCUT2D eigenvalue weighted by atomic mass is 10.1. The second-order valence-corrected chi connectivity index (χ2v) is 2.63. The van der Waals surface area contributed by atoms with E-state index in [2.05, 4.69) is 16.8 Å². The molecule has 13 heavy (non-hydrogen) atoms. The summed E-state index contributed by atoms with van der Waals surface area (Å²) in [7, 11) is 1.55. The number of aromatic nitrogens is 2. The fourth-order valence-corrected chi connectivity index (χ4v) is 0.937. The third kappa shape index (κ3) is 2.52. The van der Waals surface area contributed by atoms with Gasteiger partial charge in [0.15, 0.2) is 0 Å². The van der Waals surface area contributed by atoms with Crippen LogP contribution in [0.1, 0.15) is 18.2 Å². The van der Waals surface area contributed by atoms with E-state index in [-0.39, 0.29) is 6.04 Å². The lowest BCUT2D eigenvalue weighted by Crippen LogP contribution is -2.11. The van der Waals surface area contributed by atoms with Gasteiger partial charge in [0.25, 0.3) is 0 Å². The fraction of sp³-hybridized carbons (Fsp3) is 0.333. The second-order valence-electron chi connectivity index (χ2n) is 2.63. The first-order valence-corrected chi connectivity index (χ1v) is 4.02. The lowest BCUT2D eigenvalue weighted by molar-refractivity contribution is 0.390. The van der Waals surface area contributed by atoms with Gasteiger partial charge in [0.2, 0.25) is 5.88 Å². The maximum absolute atomic E-state index is 5.78. The van der Waals surface area contributed by atoms with Crippen LogP contribution in [-0.2, 0) is 0 Å². The van der Waals surface area contributed by atoms with Gasteiger partial charge in [0.05, 0.1) is 18.8 Å². The van der Waals surface area contributed by atoms with Crippen molar-refractivity contribution in [2.45, 2.75) is 12.5 Å². The molecule has 4 heteroatoms. The van der Waals surface area contributed by atoms with Crippen molar-refractivity contribution in [1.29, 1.82) is 0 Å². The quantitative estimate of drug-likeness (QED) is 0.702. The molecule has 0 bridgehead atoms. The van der Waals surface area contributed by atoms with Gasteiger partial charge in [0, 0.05) is 6.07 Å². The summed E-state index contributed by atoms with van der Waals surface area (Å²) >= 11 is 0. The molecule has 0 spiro atoms. The number of methoxy groups -OCH3 is 1. The van der Waals surface area contributed by atoms with Crippen LogP contribution in [-0.4, -0.2) is 17.3 Å². The zero-order chi connectivity index (χ0) is 9.68. The van der Waals surface area contributed by atoms with Crippen molar-refractivity contribution in [2.75, 3.05) is 7.11 Å². The van der Waals surface area contributed by atoms with E-state index < -0.39 is 0 Å². The molecule has 1 aromatic heterocycles. The third-order valence-electron chi connectivity index (χ3n) is 1.67. The molecular weight excluding hydrogens is 166 g/mol. The van der Waals surface area contributed by atoms with Gasteiger partial charge in [-0.1, -0.05) is 6.08 Å². The van der Waals surface area contributed by atoms with Gasteiger partial charge in [-0.15, -0.1) is 11.7 Å². The van der Waals surface area contributed by atoms with Gasteiger partial charge in [-0.05, 0) is 12.5 Å². The molecule has 0 saturated heterocycles. The summed E-state index contributed by atoms with van der Waals surface area (Å²) in [6, 6.07) is 3.42. The van der Waals surface area contributed by atoms with Crippen LogP contribution in [0, 0.1) is 0 Å². The molecule has 0 amide bonds. The standard InChI is InChI=1S/C9H13N3O/c1-3-4-7(10)8-5-6-9(13-2)12-11-8/h3,5-7H,1,4,10H2,2H3. The smallest absolute Gasteiger partial charge is 0.233 e. The Morgan fingerprint density at radius 1 is 1.62 bits per heavy atom. The van der Waals surface area contributed by atoms with Gasteiger partial charge in [-0.2, -0.15) is 5.10 Å². The SMILES string of the molecule is C=CCC(N)c1ccc(OC)nn1. The zero-order valence-electron chi connectivity index (χ0n) is 7.60. The van der Waals surface area contributed by atoms with E-state index in [0.29, 0.717) is 12.3 Å². The maximum Gasteiger partial charge on any atom is 0.233 e. The molecule has 4 nitrogen and oxygen atoms in total. The van der Waals surface area contributed by atoms with Crippen LogP contribution in [0.15, 0.2) is 24.8 Å². The Kier molecular flexibility index (Phi) is 3.40. The molecule has 1 atom stereocenters. The number of rotatable bonds is 4. The first kappa shape index (κ1) is 9.67. The second kappa shape index (κ2) is 4.57. The summed E-state index contributed by atoms with van der Waals surface area (Å²) < 4.78 is 4.87. The zero-order valence-corrected chi connectivity index (χ0v) is 7.60. The Morgan fingerprint density at radius 2 is 2.38 bits per heavy atom. The topological polar surface area (TPSA) is 61.0 Å². The van der Waals surface area contributed by atoms with Crippen LogP contribution < -0.4 is 10.5 Å². The van der Waals surface area contributed by atoms with E-state index in [1.807, 2.05) is 0 Å². The number of nitrogens with zero attached hydrogens (tertiary/aromatic N) is 2. The van der Waals surface area contributed by atoms with E-state index in [0.717, 1.165) is 5.69 Å². The highest BCUT2D eigenvalue weighted by Crippen LogP contribution is 2.12. The van der Waals surface area contributed by atoms with Gasteiger partial charge in [0.1, 0.15) is 0 Å². The average molecular weight is 179 g/mol. The largest absolute Gasteiger partial charge is 0.480 e. The van der Waals surface area contributed by atoms with Crippen LogP contribution in [0.2, 0.25) is 0 Å². The van der Waals surface area contributed by atoms with Crippen molar-refractivity contribution in [1.82, 2.24) is 10.2 Å². The highest BCUT2D eigenvalue weighted by atomic mass is 16.5. The minimum Gasteiger partial charge on any atom is -0.480 e. The molecule has 0 aromatic carbocycles. The Bertz CT molecular complexity index is 271. The van der Waals surface area contributed by atoms with Crippen LogP contribution in [0.5, 0.6) is 5.88 Å². The van der Waals surface area contributed by atoms with Gasteiger partial charge < -0.3 is 10.5 Å². The van der Waals surface area contributed by atoms with Crippen LogP contribution in [0.3, 0.4) is 0 Å². The maximum atomic E-state index is 5.78. The Labute approximate surface area is 77.4 Å². The molecule has 0 aliphatic carbocycles. The van der Waals surface area contributed by atoms with E-state index in [1.54, 1.807) is 25.3 Å².